The van der Waals surface area contributed by atoms with E-state index in [0.29, 0.717) is 18.6 Å². The highest BCUT2D eigenvalue weighted by molar-refractivity contribution is 5.35. The van der Waals surface area contributed by atoms with Gasteiger partial charge in [0.1, 0.15) is 11.9 Å². The third-order valence-electron chi connectivity index (χ3n) is 4.34. The van der Waals surface area contributed by atoms with E-state index in [1.807, 2.05) is 0 Å². The van der Waals surface area contributed by atoms with E-state index in [9.17, 15) is 15.0 Å². The summed E-state index contributed by atoms with van der Waals surface area (Å²) in [5.41, 5.74) is 5.19. The van der Waals surface area contributed by atoms with Gasteiger partial charge in [-0.2, -0.15) is 4.98 Å². The quantitative estimate of drug-likeness (QED) is 0.622. The van der Waals surface area contributed by atoms with Gasteiger partial charge in [-0.3, -0.25) is 4.57 Å². The van der Waals surface area contributed by atoms with E-state index in [1.54, 1.807) is 13.1 Å². The van der Waals surface area contributed by atoms with Gasteiger partial charge in [-0.1, -0.05) is 0 Å². The Hall–Kier alpha value is -1.44. The van der Waals surface area contributed by atoms with Crippen molar-refractivity contribution < 1.29 is 14.9 Å². The number of aromatic nitrogens is 2. The third-order valence-corrected chi connectivity index (χ3v) is 4.34. The van der Waals surface area contributed by atoms with Gasteiger partial charge in [0, 0.05) is 17.2 Å². The zero-order valence-corrected chi connectivity index (χ0v) is 10.6. The number of aliphatic hydroxyl groups is 2. The summed E-state index contributed by atoms with van der Waals surface area (Å²) >= 11 is 0. The van der Waals surface area contributed by atoms with Crippen LogP contribution in [0.15, 0.2) is 11.0 Å². The zero-order valence-electron chi connectivity index (χ0n) is 10.6. The van der Waals surface area contributed by atoms with Gasteiger partial charge in [0.15, 0.2) is 0 Å². The number of nitrogens with two attached hydrogens (primary N) is 1. The molecule has 104 valence electrons. The Morgan fingerprint density at radius 1 is 1.68 bits per heavy atom. The predicted molar refractivity (Wildman–Crippen MR) is 66.6 cm³/mol. The summed E-state index contributed by atoms with van der Waals surface area (Å²) in [6.07, 6.45) is 0.902. The highest BCUT2D eigenvalue weighted by Crippen LogP contribution is 2.51. The number of rotatable bonds is 2. The number of hydrogen-bond acceptors (Lipinski definition) is 6. The second-order valence-electron chi connectivity index (χ2n) is 5.51. The van der Waals surface area contributed by atoms with Crippen LogP contribution in [-0.4, -0.2) is 45.2 Å². The monoisotopic (exact) mass is 267 g/mol. The van der Waals surface area contributed by atoms with Crippen molar-refractivity contribution in [2.75, 3.05) is 18.9 Å². The molecule has 2 heterocycles. The number of anilines is 1. The molecule has 4 N–H and O–H groups in total. The predicted octanol–water partition coefficient (Wildman–Crippen LogP) is -1.18. The minimum absolute atomic E-state index is 0.155. The fraction of sp³-hybridized carbons (Fsp3) is 0.667. The molecular weight excluding hydrogens is 250 g/mol. The number of fused-ring (bicyclic) bond motifs is 2. The smallest absolute Gasteiger partial charge is 0.349 e. The van der Waals surface area contributed by atoms with Gasteiger partial charge in [0.05, 0.1) is 25.4 Å². The van der Waals surface area contributed by atoms with Gasteiger partial charge in [-0.25, -0.2) is 4.79 Å². The van der Waals surface area contributed by atoms with Crippen LogP contribution in [0.25, 0.3) is 0 Å². The van der Waals surface area contributed by atoms with E-state index in [4.69, 9.17) is 10.5 Å². The van der Waals surface area contributed by atoms with Gasteiger partial charge in [-0.05, 0) is 13.3 Å². The first-order chi connectivity index (χ1) is 8.98. The molecule has 0 aromatic carbocycles. The second kappa shape index (κ2) is 4.03. The molecule has 3 rings (SSSR count). The summed E-state index contributed by atoms with van der Waals surface area (Å²) in [6.45, 7) is 1.93. The Morgan fingerprint density at radius 3 is 3.05 bits per heavy atom. The van der Waals surface area contributed by atoms with Crippen molar-refractivity contribution in [1.82, 2.24) is 9.55 Å². The molecule has 1 aliphatic carbocycles. The molecule has 1 aliphatic heterocycles. The Morgan fingerprint density at radius 2 is 2.42 bits per heavy atom. The molecule has 19 heavy (non-hydrogen) atoms. The van der Waals surface area contributed by atoms with Gasteiger partial charge in [-0.15, -0.1) is 0 Å². The van der Waals surface area contributed by atoms with Crippen molar-refractivity contribution in [3.8, 4) is 0 Å². The molecule has 2 fully saturated rings. The first-order valence-corrected chi connectivity index (χ1v) is 6.24. The number of aryl methyl sites for hydroxylation is 1. The van der Waals surface area contributed by atoms with E-state index in [1.165, 1.54) is 4.57 Å². The maximum Gasteiger partial charge on any atom is 0.349 e. The summed E-state index contributed by atoms with van der Waals surface area (Å²) in [5.74, 6) is 0.211. The van der Waals surface area contributed by atoms with E-state index >= 15 is 0 Å². The maximum atomic E-state index is 11.9. The minimum Gasteiger partial charge on any atom is -0.396 e. The SMILES string of the molecule is Cc1cn([C@@H]2C[C@@]3(CO)COC2[C@H]3O)c(=O)nc1N. The summed E-state index contributed by atoms with van der Waals surface area (Å²) in [4.78, 5) is 15.7. The van der Waals surface area contributed by atoms with Crippen LogP contribution in [0.1, 0.15) is 18.0 Å². The summed E-state index contributed by atoms with van der Waals surface area (Å²) in [6, 6.07) is -0.310. The average Bonchev–Trinajstić information content (AvgIpc) is 2.85. The molecule has 2 aliphatic rings. The van der Waals surface area contributed by atoms with E-state index in [0.717, 1.165) is 0 Å². The molecule has 0 amide bonds. The van der Waals surface area contributed by atoms with Gasteiger partial charge in [0.25, 0.3) is 0 Å². The molecule has 2 bridgehead atoms. The zero-order chi connectivity index (χ0) is 13.8. The normalized spacial score (nSPS) is 36.9. The molecule has 0 radical (unpaired) electrons. The number of ether oxygens (including phenoxy) is 1. The van der Waals surface area contributed by atoms with Crippen LogP contribution in [0.3, 0.4) is 0 Å². The summed E-state index contributed by atoms with van der Waals surface area (Å²) in [5, 5.41) is 19.7. The lowest BCUT2D eigenvalue weighted by molar-refractivity contribution is -0.00374. The van der Waals surface area contributed by atoms with Gasteiger partial charge >= 0.3 is 5.69 Å². The van der Waals surface area contributed by atoms with E-state index in [-0.39, 0.29) is 18.5 Å². The van der Waals surface area contributed by atoms with Crippen LogP contribution in [-0.2, 0) is 4.74 Å². The standard InChI is InChI=1S/C12H17N3O4/c1-6-3-15(11(18)14-10(6)13)7-2-12(4-16)5-19-8(7)9(12)17/h3,7-9,16-17H,2,4-5H2,1H3,(H2,13,14,18)/t7-,8?,9-,12-/m1/s1. The first kappa shape index (κ1) is 12.6. The molecule has 1 unspecified atom stereocenters. The fourth-order valence-electron chi connectivity index (χ4n) is 3.10. The van der Waals surface area contributed by atoms with E-state index < -0.39 is 23.3 Å². The molecule has 4 atom stereocenters. The van der Waals surface area contributed by atoms with Crippen LogP contribution in [0.2, 0.25) is 0 Å². The molecule has 0 spiro atoms. The van der Waals surface area contributed by atoms with Crippen LogP contribution in [0.5, 0.6) is 0 Å². The number of nitrogens with zero attached hydrogens (tertiary/aromatic N) is 2. The molecule has 1 saturated carbocycles. The third kappa shape index (κ3) is 1.62. The van der Waals surface area contributed by atoms with Crippen LogP contribution >= 0.6 is 0 Å². The first-order valence-electron chi connectivity index (χ1n) is 6.24. The lowest BCUT2D eigenvalue weighted by Gasteiger charge is -2.28. The minimum atomic E-state index is -0.757. The fourth-order valence-corrected chi connectivity index (χ4v) is 3.10. The van der Waals surface area contributed by atoms with Crippen molar-refractivity contribution in [3.63, 3.8) is 0 Å². The van der Waals surface area contributed by atoms with Crippen LogP contribution in [0, 0.1) is 12.3 Å². The highest BCUT2D eigenvalue weighted by atomic mass is 16.5. The highest BCUT2D eigenvalue weighted by Gasteiger charge is 2.59. The topological polar surface area (TPSA) is 111 Å². The molecule has 7 nitrogen and oxygen atoms in total. The molecule has 1 saturated heterocycles. The Labute approximate surface area is 109 Å². The van der Waals surface area contributed by atoms with Crippen molar-refractivity contribution in [3.05, 3.63) is 22.2 Å². The van der Waals surface area contributed by atoms with Crippen molar-refractivity contribution in [2.24, 2.45) is 5.41 Å². The number of hydrogen-bond donors (Lipinski definition) is 3. The average molecular weight is 267 g/mol. The van der Waals surface area contributed by atoms with Crippen LogP contribution in [0.4, 0.5) is 5.82 Å². The van der Waals surface area contributed by atoms with Crippen molar-refractivity contribution >= 4 is 5.82 Å². The largest absolute Gasteiger partial charge is 0.396 e. The number of aliphatic hydroxyl groups excluding tert-OH is 2. The lowest BCUT2D eigenvalue weighted by Crippen LogP contribution is -2.36. The van der Waals surface area contributed by atoms with E-state index in [2.05, 4.69) is 4.98 Å². The lowest BCUT2D eigenvalue weighted by atomic mass is 9.87. The maximum absolute atomic E-state index is 11.9. The Kier molecular flexibility index (Phi) is 2.67. The van der Waals surface area contributed by atoms with Gasteiger partial charge in [0.2, 0.25) is 0 Å². The molecule has 1 aromatic rings. The van der Waals surface area contributed by atoms with Crippen LogP contribution < -0.4 is 11.4 Å². The molecule has 7 heteroatoms. The van der Waals surface area contributed by atoms with Crippen molar-refractivity contribution in [2.45, 2.75) is 31.6 Å². The molecular formula is C12H17N3O4. The van der Waals surface area contributed by atoms with Crippen molar-refractivity contribution in [1.29, 1.82) is 0 Å². The second-order valence-corrected chi connectivity index (χ2v) is 5.51. The van der Waals surface area contributed by atoms with Gasteiger partial charge < -0.3 is 20.7 Å². The summed E-state index contributed by atoms with van der Waals surface area (Å²) < 4.78 is 6.98. The Bertz CT molecular complexity index is 573. The summed E-state index contributed by atoms with van der Waals surface area (Å²) in [7, 11) is 0. The number of nitrogen functional groups attached to an aromatic ring is 1. The molecule has 1 aromatic heterocycles. The Balaban J connectivity index is 2.02.